The number of nitrogens with zero attached hydrogens (tertiary/aromatic N) is 1. The second kappa shape index (κ2) is 7.17. The average Bonchev–Trinajstić information content (AvgIpc) is 2.67. The van der Waals surface area contributed by atoms with Crippen LogP contribution in [0.5, 0.6) is 0 Å². The van der Waals surface area contributed by atoms with E-state index in [-0.39, 0.29) is 18.2 Å². The van der Waals surface area contributed by atoms with Gasteiger partial charge in [-0.05, 0) is 26.7 Å². The van der Waals surface area contributed by atoms with Gasteiger partial charge in [-0.15, -0.1) is 6.42 Å². The molecule has 0 aliphatic carbocycles. The van der Waals surface area contributed by atoms with Gasteiger partial charge in [0.25, 0.3) is 0 Å². The Balaban J connectivity index is 0.000000921. The van der Waals surface area contributed by atoms with Gasteiger partial charge in [-0.2, -0.15) is 0 Å². The van der Waals surface area contributed by atoms with E-state index in [9.17, 15) is 4.79 Å². The quantitative estimate of drug-likeness (QED) is 0.624. The lowest BCUT2D eigenvalue weighted by Gasteiger charge is -2.21. The second-order valence-electron chi connectivity index (χ2n) is 3.45. The lowest BCUT2D eigenvalue weighted by atomic mass is 10.2. The first-order valence-electron chi connectivity index (χ1n) is 5.58. The molecule has 1 heterocycles. The smallest absolute Gasteiger partial charge is 0.411 e. The van der Waals surface area contributed by atoms with E-state index >= 15 is 0 Å². The summed E-state index contributed by atoms with van der Waals surface area (Å²) in [5.41, 5.74) is 0. The standard InChI is InChI=1S/C10H15NO2.C2H6/c1-4-9-6-5-7-11(9)10(12)13-8(2)3;1-2/h1,8-9H,5-7H2,2-3H3;1-2H3/t9-;/m1./s1. The van der Waals surface area contributed by atoms with E-state index in [0.717, 1.165) is 19.4 Å². The van der Waals surface area contributed by atoms with Crippen molar-refractivity contribution in [1.29, 1.82) is 0 Å². The van der Waals surface area contributed by atoms with Crippen molar-refractivity contribution in [2.24, 2.45) is 0 Å². The Morgan fingerprint density at radius 3 is 2.60 bits per heavy atom. The fraction of sp³-hybridized carbons (Fsp3) is 0.750. The maximum atomic E-state index is 11.4. The third kappa shape index (κ3) is 4.24. The average molecular weight is 211 g/mol. The molecule has 0 spiro atoms. The monoisotopic (exact) mass is 211 g/mol. The first-order valence-corrected chi connectivity index (χ1v) is 5.58. The summed E-state index contributed by atoms with van der Waals surface area (Å²) >= 11 is 0. The van der Waals surface area contributed by atoms with Crippen molar-refractivity contribution < 1.29 is 9.53 Å². The maximum Gasteiger partial charge on any atom is 0.411 e. The molecular formula is C12H21NO2. The molecule has 0 aromatic heterocycles. The van der Waals surface area contributed by atoms with Crippen LogP contribution in [0.4, 0.5) is 4.79 Å². The Morgan fingerprint density at radius 2 is 2.13 bits per heavy atom. The molecule has 1 fully saturated rings. The van der Waals surface area contributed by atoms with Crippen LogP contribution in [0.1, 0.15) is 40.5 Å². The SMILES string of the molecule is C#C[C@@H]1CCCN1C(=O)OC(C)C.CC. The van der Waals surface area contributed by atoms with Crippen LogP contribution in [-0.2, 0) is 4.74 Å². The summed E-state index contributed by atoms with van der Waals surface area (Å²) in [7, 11) is 0. The molecule has 3 heteroatoms. The molecule has 1 rings (SSSR count). The molecule has 1 amide bonds. The number of hydrogen-bond donors (Lipinski definition) is 0. The molecule has 3 nitrogen and oxygen atoms in total. The van der Waals surface area contributed by atoms with Crippen LogP contribution in [0.2, 0.25) is 0 Å². The number of terminal acetylenes is 1. The van der Waals surface area contributed by atoms with Gasteiger partial charge in [0.05, 0.1) is 12.1 Å². The molecule has 0 radical (unpaired) electrons. The minimum absolute atomic E-state index is 0.0637. The van der Waals surface area contributed by atoms with Crippen molar-refractivity contribution >= 4 is 6.09 Å². The van der Waals surface area contributed by atoms with Crippen molar-refractivity contribution in [3.63, 3.8) is 0 Å². The van der Waals surface area contributed by atoms with E-state index < -0.39 is 0 Å². The number of amides is 1. The highest BCUT2D eigenvalue weighted by Gasteiger charge is 2.28. The van der Waals surface area contributed by atoms with E-state index in [2.05, 4.69) is 5.92 Å². The Bertz CT molecular complexity index is 230. The third-order valence-electron chi connectivity index (χ3n) is 2.02. The molecule has 15 heavy (non-hydrogen) atoms. The topological polar surface area (TPSA) is 29.5 Å². The van der Waals surface area contributed by atoms with E-state index in [4.69, 9.17) is 11.2 Å². The molecule has 1 atom stereocenters. The van der Waals surface area contributed by atoms with E-state index in [1.165, 1.54) is 0 Å². The molecule has 1 aliphatic rings. The van der Waals surface area contributed by atoms with Crippen LogP contribution in [0.25, 0.3) is 0 Å². The van der Waals surface area contributed by atoms with Gasteiger partial charge in [0.15, 0.2) is 0 Å². The van der Waals surface area contributed by atoms with Crippen LogP contribution in [-0.4, -0.2) is 29.7 Å². The molecule has 0 N–H and O–H groups in total. The summed E-state index contributed by atoms with van der Waals surface area (Å²) in [6.07, 6.45) is 6.80. The van der Waals surface area contributed by atoms with Gasteiger partial charge < -0.3 is 4.74 Å². The maximum absolute atomic E-state index is 11.4. The third-order valence-corrected chi connectivity index (χ3v) is 2.02. The lowest BCUT2D eigenvalue weighted by molar-refractivity contribution is 0.0786. The summed E-state index contributed by atoms with van der Waals surface area (Å²) in [5.74, 6) is 2.59. The fourth-order valence-corrected chi connectivity index (χ4v) is 1.43. The zero-order valence-electron chi connectivity index (χ0n) is 10.1. The highest BCUT2D eigenvalue weighted by Crippen LogP contribution is 2.17. The Labute approximate surface area is 92.8 Å². The Morgan fingerprint density at radius 1 is 1.53 bits per heavy atom. The predicted molar refractivity (Wildman–Crippen MR) is 61.5 cm³/mol. The molecule has 1 saturated heterocycles. The number of ether oxygens (including phenoxy) is 1. The Hall–Kier alpha value is -1.17. The highest BCUT2D eigenvalue weighted by molar-refractivity contribution is 5.69. The van der Waals surface area contributed by atoms with Gasteiger partial charge in [0.1, 0.15) is 0 Å². The first kappa shape index (κ1) is 13.8. The highest BCUT2D eigenvalue weighted by atomic mass is 16.6. The Kier molecular flexibility index (Phi) is 6.61. The van der Waals surface area contributed by atoms with Gasteiger partial charge in [-0.1, -0.05) is 19.8 Å². The van der Waals surface area contributed by atoms with E-state index in [0.29, 0.717) is 0 Å². The number of likely N-dealkylation sites (tertiary alicyclic amines) is 1. The molecule has 0 aromatic carbocycles. The van der Waals surface area contributed by atoms with E-state index in [1.807, 2.05) is 27.7 Å². The number of rotatable bonds is 1. The fourth-order valence-electron chi connectivity index (χ4n) is 1.43. The van der Waals surface area contributed by atoms with Gasteiger partial charge in [0, 0.05) is 6.54 Å². The summed E-state index contributed by atoms with van der Waals surface area (Å²) < 4.78 is 5.06. The largest absolute Gasteiger partial charge is 0.447 e. The molecule has 0 saturated carbocycles. The van der Waals surface area contributed by atoms with Gasteiger partial charge >= 0.3 is 6.09 Å². The van der Waals surface area contributed by atoms with Crippen LogP contribution in [0.15, 0.2) is 0 Å². The van der Waals surface area contributed by atoms with Gasteiger partial charge in [-0.25, -0.2) is 4.79 Å². The van der Waals surface area contributed by atoms with E-state index in [1.54, 1.807) is 4.90 Å². The van der Waals surface area contributed by atoms with Crippen molar-refractivity contribution in [2.75, 3.05) is 6.54 Å². The molecule has 0 unspecified atom stereocenters. The van der Waals surface area contributed by atoms with Crippen LogP contribution < -0.4 is 0 Å². The first-order chi connectivity index (χ1) is 7.15. The van der Waals surface area contributed by atoms with Gasteiger partial charge in [-0.3, -0.25) is 4.90 Å². The minimum atomic E-state index is -0.282. The molecule has 1 aliphatic heterocycles. The summed E-state index contributed by atoms with van der Waals surface area (Å²) in [5, 5.41) is 0. The van der Waals surface area contributed by atoms with Crippen molar-refractivity contribution in [1.82, 2.24) is 4.90 Å². The predicted octanol–water partition coefficient (Wildman–Crippen LogP) is 2.66. The van der Waals surface area contributed by atoms with Crippen LogP contribution >= 0.6 is 0 Å². The lowest BCUT2D eigenvalue weighted by Crippen LogP contribution is -2.36. The van der Waals surface area contributed by atoms with Crippen molar-refractivity contribution in [2.45, 2.75) is 52.7 Å². The van der Waals surface area contributed by atoms with Crippen molar-refractivity contribution in [3.8, 4) is 12.3 Å². The second-order valence-corrected chi connectivity index (χ2v) is 3.45. The molecule has 86 valence electrons. The van der Waals surface area contributed by atoms with Gasteiger partial charge in [0.2, 0.25) is 0 Å². The number of carbonyl (C=O) groups excluding carboxylic acids is 1. The van der Waals surface area contributed by atoms with Crippen LogP contribution in [0.3, 0.4) is 0 Å². The molecular weight excluding hydrogens is 190 g/mol. The number of hydrogen-bond acceptors (Lipinski definition) is 2. The summed E-state index contributed by atoms with van der Waals surface area (Å²) in [4.78, 5) is 13.1. The summed E-state index contributed by atoms with van der Waals surface area (Å²) in [6, 6.07) is -0.0637. The molecule has 0 aromatic rings. The normalized spacial score (nSPS) is 19.2. The number of carbonyl (C=O) groups is 1. The molecule has 0 bridgehead atoms. The van der Waals surface area contributed by atoms with Crippen molar-refractivity contribution in [3.05, 3.63) is 0 Å². The van der Waals surface area contributed by atoms with Crippen LogP contribution in [0, 0.1) is 12.3 Å². The zero-order valence-corrected chi connectivity index (χ0v) is 10.1. The summed E-state index contributed by atoms with van der Waals surface area (Å²) in [6.45, 7) is 8.39. The minimum Gasteiger partial charge on any atom is -0.447 e. The zero-order chi connectivity index (χ0) is 11.8.